The summed E-state index contributed by atoms with van der Waals surface area (Å²) in [5.41, 5.74) is 2.71. The van der Waals surface area contributed by atoms with Gasteiger partial charge < -0.3 is 19.9 Å². The first-order valence-electron chi connectivity index (χ1n) is 7.73. The highest BCUT2D eigenvalue weighted by Gasteiger charge is 2.28. The molecular formula is C17H25N3O3. The second kappa shape index (κ2) is 6.89. The van der Waals surface area contributed by atoms with Crippen LogP contribution in [0.3, 0.4) is 0 Å². The molecule has 1 aliphatic heterocycles. The van der Waals surface area contributed by atoms with Crippen molar-refractivity contribution in [3.8, 4) is 5.75 Å². The van der Waals surface area contributed by atoms with E-state index in [-0.39, 0.29) is 17.9 Å². The molecule has 1 aromatic rings. The lowest BCUT2D eigenvalue weighted by Crippen LogP contribution is -2.36. The van der Waals surface area contributed by atoms with Gasteiger partial charge in [0.15, 0.2) is 0 Å². The summed E-state index contributed by atoms with van der Waals surface area (Å²) in [5.74, 6) is 1.18. The van der Waals surface area contributed by atoms with E-state index in [1.807, 2.05) is 26.0 Å². The molecule has 1 atom stereocenters. The molecule has 1 N–H and O–H groups in total. The first-order chi connectivity index (χ1) is 10.8. The van der Waals surface area contributed by atoms with E-state index in [2.05, 4.69) is 5.32 Å². The fourth-order valence-electron chi connectivity index (χ4n) is 3.11. The van der Waals surface area contributed by atoms with E-state index < -0.39 is 0 Å². The van der Waals surface area contributed by atoms with Gasteiger partial charge in [-0.15, -0.1) is 0 Å². The van der Waals surface area contributed by atoms with Crippen molar-refractivity contribution in [1.82, 2.24) is 9.80 Å². The lowest BCUT2D eigenvalue weighted by Gasteiger charge is -2.22. The lowest BCUT2D eigenvalue weighted by atomic mass is 10.1. The Kier molecular flexibility index (Phi) is 5.13. The molecule has 1 heterocycles. The van der Waals surface area contributed by atoms with Gasteiger partial charge in [0.25, 0.3) is 0 Å². The van der Waals surface area contributed by atoms with Crippen molar-refractivity contribution in [1.29, 1.82) is 0 Å². The predicted octanol–water partition coefficient (Wildman–Crippen LogP) is 2.25. The molecule has 0 radical (unpaired) electrons. The van der Waals surface area contributed by atoms with Crippen LogP contribution in [0.5, 0.6) is 5.75 Å². The van der Waals surface area contributed by atoms with Crippen molar-refractivity contribution in [3.05, 3.63) is 23.3 Å². The normalized spacial score (nSPS) is 17.3. The molecule has 6 heteroatoms. The summed E-state index contributed by atoms with van der Waals surface area (Å²) in [5, 5.41) is 2.90. The number of ether oxygens (including phenoxy) is 1. The fraction of sp³-hybridized carbons (Fsp3) is 0.529. The maximum atomic E-state index is 12.3. The van der Waals surface area contributed by atoms with Gasteiger partial charge in [0, 0.05) is 45.2 Å². The molecule has 0 spiro atoms. The Morgan fingerprint density at radius 2 is 2.00 bits per heavy atom. The average Bonchev–Trinajstić information content (AvgIpc) is 2.76. The first kappa shape index (κ1) is 17.1. The number of nitrogens with one attached hydrogen (secondary N) is 1. The molecule has 0 bridgehead atoms. The number of anilines is 1. The zero-order valence-electron chi connectivity index (χ0n) is 14.5. The number of carbonyl (C=O) groups is 2. The van der Waals surface area contributed by atoms with Gasteiger partial charge in [-0.05, 0) is 37.1 Å². The Morgan fingerprint density at radius 1 is 1.39 bits per heavy atom. The highest BCUT2D eigenvalue weighted by molar-refractivity contribution is 5.89. The molecule has 126 valence electrons. The molecule has 6 nitrogen and oxygen atoms in total. The maximum Gasteiger partial charge on any atom is 0.321 e. The van der Waals surface area contributed by atoms with Gasteiger partial charge >= 0.3 is 6.03 Å². The third-order valence-electron chi connectivity index (χ3n) is 4.22. The first-order valence-corrected chi connectivity index (χ1v) is 7.73. The summed E-state index contributed by atoms with van der Waals surface area (Å²) in [4.78, 5) is 27.2. The number of rotatable bonds is 4. The third kappa shape index (κ3) is 3.94. The third-order valence-corrected chi connectivity index (χ3v) is 4.22. The van der Waals surface area contributed by atoms with Crippen LogP contribution in [-0.2, 0) is 4.79 Å². The summed E-state index contributed by atoms with van der Waals surface area (Å²) < 4.78 is 5.33. The molecule has 3 amide bonds. The summed E-state index contributed by atoms with van der Waals surface area (Å²) in [6.07, 6.45) is 0.509. The molecule has 0 aliphatic carbocycles. The smallest absolute Gasteiger partial charge is 0.321 e. The van der Waals surface area contributed by atoms with Gasteiger partial charge in [0.05, 0.1) is 7.11 Å². The van der Waals surface area contributed by atoms with Crippen LogP contribution < -0.4 is 10.1 Å². The van der Waals surface area contributed by atoms with Gasteiger partial charge in [0.2, 0.25) is 5.91 Å². The van der Waals surface area contributed by atoms with Gasteiger partial charge in [-0.3, -0.25) is 4.79 Å². The number of benzene rings is 1. The maximum absolute atomic E-state index is 12.3. The van der Waals surface area contributed by atoms with Crippen LogP contribution in [0.25, 0.3) is 0 Å². The Morgan fingerprint density at radius 3 is 2.48 bits per heavy atom. The number of hydrogen-bond donors (Lipinski definition) is 1. The van der Waals surface area contributed by atoms with Crippen molar-refractivity contribution < 1.29 is 14.3 Å². The minimum absolute atomic E-state index is 0.144. The topological polar surface area (TPSA) is 61.9 Å². The van der Waals surface area contributed by atoms with E-state index in [0.717, 1.165) is 22.6 Å². The molecule has 1 aromatic carbocycles. The van der Waals surface area contributed by atoms with Crippen molar-refractivity contribution >= 4 is 17.6 Å². The second-order valence-corrected chi connectivity index (χ2v) is 6.30. The number of likely N-dealkylation sites (tertiary alicyclic amines) is 1. The Bertz CT molecular complexity index is 592. The van der Waals surface area contributed by atoms with Crippen LogP contribution in [0, 0.1) is 19.8 Å². The summed E-state index contributed by atoms with van der Waals surface area (Å²) in [7, 11) is 5.19. The van der Waals surface area contributed by atoms with E-state index in [0.29, 0.717) is 19.5 Å². The van der Waals surface area contributed by atoms with Crippen LogP contribution in [0.1, 0.15) is 17.5 Å². The Hall–Kier alpha value is -2.24. The highest BCUT2D eigenvalue weighted by atomic mass is 16.5. The second-order valence-electron chi connectivity index (χ2n) is 6.30. The zero-order valence-corrected chi connectivity index (χ0v) is 14.5. The monoisotopic (exact) mass is 319 g/mol. The van der Waals surface area contributed by atoms with Crippen molar-refractivity contribution in [2.75, 3.05) is 39.6 Å². The van der Waals surface area contributed by atoms with Crippen LogP contribution in [0.4, 0.5) is 10.5 Å². The molecule has 0 saturated carbocycles. The van der Waals surface area contributed by atoms with Crippen LogP contribution in [0.2, 0.25) is 0 Å². The molecular weight excluding hydrogens is 294 g/mol. The largest absolute Gasteiger partial charge is 0.496 e. The minimum atomic E-state index is -0.170. The summed E-state index contributed by atoms with van der Waals surface area (Å²) in [6, 6.07) is 3.62. The zero-order chi connectivity index (χ0) is 17.1. The van der Waals surface area contributed by atoms with Gasteiger partial charge in [-0.1, -0.05) is 0 Å². The Labute approximate surface area is 137 Å². The molecule has 0 aromatic heterocycles. The number of amides is 3. The molecule has 1 fully saturated rings. The number of nitrogens with zero attached hydrogens (tertiary/aromatic N) is 2. The van der Waals surface area contributed by atoms with Gasteiger partial charge in [0.1, 0.15) is 5.75 Å². The van der Waals surface area contributed by atoms with Crippen LogP contribution >= 0.6 is 0 Å². The van der Waals surface area contributed by atoms with Crippen molar-refractivity contribution in [2.45, 2.75) is 20.3 Å². The SMILES string of the molecule is COc1c(C)cc(NC(=O)N(C)C[C@@H]2CC(=O)N(C)C2)cc1C. The molecule has 23 heavy (non-hydrogen) atoms. The number of methoxy groups -OCH3 is 1. The highest BCUT2D eigenvalue weighted by Crippen LogP contribution is 2.27. The van der Waals surface area contributed by atoms with Gasteiger partial charge in [-0.25, -0.2) is 4.79 Å². The molecule has 2 rings (SSSR count). The van der Waals surface area contributed by atoms with Crippen LogP contribution in [0.15, 0.2) is 12.1 Å². The summed E-state index contributed by atoms with van der Waals surface area (Å²) >= 11 is 0. The lowest BCUT2D eigenvalue weighted by molar-refractivity contribution is -0.126. The molecule has 0 unspecified atom stereocenters. The Balaban J connectivity index is 1.97. The predicted molar refractivity (Wildman–Crippen MR) is 89.9 cm³/mol. The van der Waals surface area contributed by atoms with Gasteiger partial charge in [-0.2, -0.15) is 0 Å². The van der Waals surface area contributed by atoms with Crippen molar-refractivity contribution in [3.63, 3.8) is 0 Å². The summed E-state index contributed by atoms with van der Waals surface area (Å²) in [6.45, 7) is 5.17. The van der Waals surface area contributed by atoms with Crippen LogP contribution in [-0.4, -0.2) is 56.0 Å². The standard InChI is InChI=1S/C17H25N3O3/c1-11-6-14(7-12(2)16(11)23-5)18-17(22)20(4)10-13-8-15(21)19(3)9-13/h6-7,13H,8-10H2,1-5H3,(H,18,22)/t13-/m1/s1. The molecule has 1 saturated heterocycles. The van der Waals surface area contributed by atoms with E-state index >= 15 is 0 Å². The minimum Gasteiger partial charge on any atom is -0.496 e. The number of hydrogen-bond acceptors (Lipinski definition) is 3. The average molecular weight is 319 g/mol. The van der Waals surface area contributed by atoms with E-state index in [9.17, 15) is 9.59 Å². The van der Waals surface area contributed by atoms with E-state index in [1.165, 1.54) is 0 Å². The fourth-order valence-corrected chi connectivity index (χ4v) is 3.11. The number of carbonyl (C=O) groups excluding carboxylic acids is 2. The molecule has 1 aliphatic rings. The van der Waals surface area contributed by atoms with E-state index in [1.54, 1.807) is 31.0 Å². The quantitative estimate of drug-likeness (QED) is 0.926. The van der Waals surface area contributed by atoms with Crippen molar-refractivity contribution in [2.24, 2.45) is 5.92 Å². The van der Waals surface area contributed by atoms with E-state index in [4.69, 9.17) is 4.74 Å². The number of urea groups is 1. The number of aryl methyl sites for hydroxylation is 2.